The van der Waals surface area contributed by atoms with Gasteiger partial charge in [0.25, 0.3) is 0 Å². The summed E-state index contributed by atoms with van der Waals surface area (Å²) in [7, 11) is 0. The molecule has 1 nitrogen and oxygen atoms in total. The fraction of sp³-hybridized carbons (Fsp3) is 0.357. The minimum atomic E-state index is -1.64. The summed E-state index contributed by atoms with van der Waals surface area (Å²) in [5.41, 5.74) is 0.981. The van der Waals surface area contributed by atoms with E-state index in [9.17, 15) is 30.7 Å². The summed E-state index contributed by atoms with van der Waals surface area (Å²) in [5, 5.41) is 0. The van der Waals surface area contributed by atoms with Crippen LogP contribution in [0.2, 0.25) is 0 Å². The molecule has 3 aromatic rings. The molecule has 0 unspecified atom stereocenters. The number of halogens is 7. The Balaban J connectivity index is 1.43. The molecule has 0 amide bonds. The second kappa shape index (κ2) is 10.9. The number of rotatable bonds is 7. The predicted octanol–water partition coefficient (Wildman–Crippen LogP) is 8.63. The molecule has 1 aliphatic carbocycles. The molecule has 1 fully saturated rings. The molecule has 0 N–H and O–H groups in total. The largest absolute Gasteiger partial charge is 0.483 e. The number of hydrogen-bond acceptors (Lipinski definition) is 1. The van der Waals surface area contributed by atoms with E-state index in [2.05, 4.69) is 0 Å². The van der Waals surface area contributed by atoms with Gasteiger partial charge in [0.05, 0.1) is 0 Å². The summed E-state index contributed by atoms with van der Waals surface area (Å²) in [6.07, 6.45) is 3.32. The molecule has 0 radical (unpaired) electrons. The van der Waals surface area contributed by atoms with Crippen molar-refractivity contribution in [1.29, 1.82) is 0 Å². The highest BCUT2D eigenvalue weighted by Gasteiger charge is 2.28. The van der Waals surface area contributed by atoms with E-state index in [1.807, 2.05) is 6.92 Å². The lowest BCUT2D eigenvalue weighted by atomic mass is 9.76. The van der Waals surface area contributed by atoms with Crippen LogP contribution in [0.3, 0.4) is 0 Å². The number of aryl methyl sites for hydroxylation is 1. The molecular formula is C28H25F7O. The van der Waals surface area contributed by atoms with Gasteiger partial charge in [0.2, 0.25) is 0 Å². The van der Waals surface area contributed by atoms with Crippen LogP contribution in [0.1, 0.15) is 73.1 Å². The summed E-state index contributed by atoms with van der Waals surface area (Å²) in [6, 6.07) is 6.94. The lowest BCUT2D eigenvalue weighted by Crippen LogP contribution is -2.15. The predicted molar refractivity (Wildman–Crippen MR) is 121 cm³/mol. The minimum absolute atomic E-state index is 0.126. The van der Waals surface area contributed by atoms with E-state index in [-0.39, 0.29) is 17.4 Å². The topological polar surface area (TPSA) is 9.23 Å². The van der Waals surface area contributed by atoms with Gasteiger partial charge < -0.3 is 4.74 Å². The average Bonchev–Trinajstić information content (AvgIpc) is 2.85. The fourth-order valence-electron chi connectivity index (χ4n) is 4.92. The second-order valence-electron chi connectivity index (χ2n) is 9.22. The first-order valence-electron chi connectivity index (χ1n) is 11.9. The zero-order valence-electron chi connectivity index (χ0n) is 19.6. The van der Waals surface area contributed by atoms with E-state index >= 15 is 0 Å². The van der Waals surface area contributed by atoms with E-state index in [1.165, 1.54) is 0 Å². The van der Waals surface area contributed by atoms with Gasteiger partial charge in [0.1, 0.15) is 6.61 Å². The van der Waals surface area contributed by atoms with Gasteiger partial charge in [0.15, 0.2) is 46.5 Å². The molecule has 0 aromatic heterocycles. The number of ether oxygens (including phenoxy) is 1. The SMILES string of the molecule is CCCc1ccc(C2CCC(c3cc(F)c(OCc4cc(F)c(F)c(F)c4)c(F)c3)CC2)c(F)c1F. The van der Waals surface area contributed by atoms with Crippen molar-refractivity contribution in [3.05, 3.63) is 99.4 Å². The maximum absolute atomic E-state index is 14.7. The Morgan fingerprint density at radius 2 is 1.28 bits per heavy atom. The van der Waals surface area contributed by atoms with Crippen LogP contribution in [-0.4, -0.2) is 0 Å². The van der Waals surface area contributed by atoms with Crippen molar-refractivity contribution in [1.82, 2.24) is 0 Å². The van der Waals surface area contributed by atoms with Gasteiger partial charge in [-0.15, -0.1) is 0 Å². The van der Waals surface area contributed by atoms with Crippen LogP contribution in [0.5, 0.6) is 5.75 Å². The van der Waals surface area contributed by atoms with Gasteiger partial charge >= 0.3 is 0 Å². The van der Waals surface area contributed by atoms with Crippen LogP contribution < -0.4 is 4.74 Å². The van der Waals surface area contributed by atoms with Crippen LogP contribution in [0.15, 0.2) is 36.4 Å². The lowest BCUT2D eigenvalue weighted by molar-refractivity contribution is 0.271. The molecule has 0 heterocycles. The van der Waals surface area contributed by atoms with Crippen molar-refractivity contribution in [2.24, 2.45) is 0 Å². The van der Waals surface area contributed by atoms with E-state index in [0.717, 1.165) is 12.1 Å². The summed E-state index contributed by atoms with van der Waals surface area (Å²) in [5.74, 6) is -9.14. The van der Waals surface area contributed by atoms with Gasteiger partial charge in [-0.1, -0.05) is 25.5 Å². The molecular weight excluding hydrogens is 485 g/mol. The van der Waals surface area contributed by atoms with Gasteiger partial charge in [-0.05, 0) is 90.5 Å². The third-order valence-electron chi connectivity index (χ3n) is 6.80. The van der Waals surface area contributed by atoms with Crippen LogP contribution in [0, 0.1) is 40.7 Å². The normalized spacial score (nSPS) is 17.9. The molecule has 0 atom stereocenters. The number of hydrogen-bond donors (Lipinski definition) is 0. The maximum atomic E-state index is 14.7. The van der Waals surface area contributed by atoms with Gasteiger partial charge in [-0.3, -0.25) is 0 Å². The third kappa shape index (κ3) is 5.37. The van der Waals surface area contributed by atoms with Crippen molar-refractivity contribution < 1.29 is 35.5 Å². The molecule has 1 saturated carbocycles. The van der Waals surface area contributed by atoms with E-state index in [4.69, 9.17) is 4.74 Å². The van der Waals surface area contributed by atoms with E-state index in [0.29, 0.717) is 67.3 Å². The molecule has 4 rings (SSSR count). The minimum Gasteiger partial charge on any atom is -0.483 e. The van der Waals surface area contributed by atoms with Crippen molar-refractivity contribution in [3.8, 4) is 5.75 Å². The Kier molecular flexibility index (Phi) is 7.91. The Labute approximate surface area is 204 Å². The first-order valence-corrected chi connectivity index (χ1v) is 11.9. The Morgan fingerprint density at radius 3 is 1.86 bits per heavy atom. The molecule has 0 bridgehead atoms. The maximum Gasteiger partial charge on any atom is 0.194 e. The Hall–Kier alpha value is -3.03. The van der Waals surface area contributed by atoms with Gasteiger partial charge in [-0.25, -0.2) is 30.7 Å². The fourth-order valence-corrected chi connectivity index (χ4v) is 4.92. The highest BCUT2D eigenvalue weighted by molar-refractivity contribution is 5.35. The summed E-state index contributed by atoms with van der Waals surface area (Å²) in [4.78, 5) is 0. The average molecular weight is 510 g/mol. The molecule has 1 aliphatic rings. The molecule has 3 aromatic carbocycles. The van der Waals surface area contributed by atoms with Crippen LogP contribution in [0.4, 0.5) is 30.7 Å². The van der Waals surface area contributed by atoms with Crippen LogP contribution in [0.25, 0.3) is 0 Å². The zero-order valence-corrected chi connectivity index (χ0v) is 19.6. The highest BCUT2D eigenvalue weighted by Crippen LogP contribution is 2.42. The van der Waals surface area contributed by atoms with Crippen LogP contribution in [-0.2, 0) is 13.0 Å². The van der Waals surface area contributed by atoms with Crippen molar-refractivity contribution >= 4 is 0 Å². The van der Waals surface area contributed by atoms with Crippen molar-refractivity contribution in [2.45, 2.75) is 63.9 Å². The van der Waals surface area contributed by atoms with E-state index < -0.39 is 53.1 Å². The Morgan fingerprint density at radius 1 is 0.694 bits per heavy atom. The zero-order chi connectivity index (χ0) is 26.0. The molecule has 8 heteroatoms. The summed E-state index contributed by atoms with van der Waals surface area (Å²) in [6.45, 7) is 1.33. The van der Waals surface area contributed by atoms with E-state index in [1.54, 1.807) is 12.1 Å². The highest BCUT2D eigenvalue weighted by atomic mass is 19.2. The summed E-state index contributed by atoms with van der Waals surface area (Å²) >= 11 is 0. The smallest absolute Gasteiger partial charge is 0.194 e. The lowest BCUT2D eigenvalue weighted by Gasteiger charge is -2.29. The first kappa shape index (κ1) is 26.0. The monoisotopic (exact) mass is 510 g/mol. The standard InChI is InChI=1S/C28H25F7O/c1-2-3-18-8-9-20(26(34)25(18)33)17-6-4-16(5-7-17)19-12-23(31)28(24(32)13-19)36-14-15-10-21(29)27(35)22(30)11-15/h8-13,16-17H,2-7,14H2,1H3. The third-order valence-corrected chi connectivity index (χ3v) is 6.80. The molecule has 192 valence electrons. The van der Waals surface area contributed by atoms with Gasteiger partial charge in [-0.2, -0.15) is 0 Å². The molecule has 0 aliphatic heterocycles. The second-order valence-corrected chi connectivity index (χ2v) is 9.22. The summed E-state index contributed by atoms with van der Waals surface area (Å²) < 4.78 is 103. The quantitative estimate of drug-likeness (QED) is 0.228. The Bertz CT molecular complexity index is 1200. The first-order chi connectivity index (χ1) is 17.2. The van der Waals surface area contributed by atoms with Crippen molar-refractivity contribution in [2.75, 3.05) is 0 Å². The van der Waals surface area contributed by atoms with Crippen molar-refractivity contribution in [3.63, 3.8) is 0 Å². The molecule has 0 spiro atoms. The van der Waals surface area contributed by atoms with Crippen LogP contribution >= 0.6 is 0 Å². The van der Waals surface area contributed by atoms with Gasteiger partial charge in [0, 0.05) is 0 Å². The molecule has 0 saturated heterocycles. The molecule has 36 heavy (non-hydrogen) atoms. The number of benzene rings is 3.